The first-order chi connectivity index (χ1) is 14.3. The number of anilines is 1. The van der Waals surface area contributed by atoms with E-state index in [1.807, 2.05) is 0 Å². The van der Waals surface area contributed by atoms with Gasteiger partial charge in [0.1, 0.15) is 5.75 Å². The molecular formula is C22H37N3O4S. The van der Waals surface area contributed by atoms with Gasteiger partial charge in [0.15, 0.2) is 0 Å². The number of amides is 1. The van der Waals surface area contributed by atoms with Gasteiger partial charge in [-0.1, -0.05) is 19.4 Å². The number of methoxy groups -OCH3 is 1. The Kier molecular flexibility index (Phi) is 9.91. The highest BCUT2D eigenvalue weighted by Crippen LogP contribution is 2.23. The molecule has 170 valence electrons. The number of carbonyl (C=O) groups excluding carboxylic acids is 1. The van der Waals surface area contributed by atoms with Gasteiger partial charge in [0.05, 0.1) is 19.1 Å². The predicted molar refractivity (Wildman–Crippen MR) is 122 cm³/mol. The van der Waals surface area contributed by atoms with Crippen LogP contribution in [-0.2, 0) is 14.8 Å². The van der Waals surface area contributed by atoms with Gasteiger partial charge in [-0.05, 0) is 50.8 Å². The van der Waals surface area contributed by atoms with Crippen molar-refractivity contribution in [3.8, 4) is 5.75 Å². The van der Waals surface area contributed by atoms with Crippen LogP contribution in [0.15, 0.2) is 24.3 Å². The molecule has 1 N–H and O–H groups in total. The first kappa shape index (κ1) is 24.5. The van der Waals surface area contributed by atoms with Crippen LogP contribution >= 0.6 is 0 Å². The van der Waals surface area contributed by atoms with Crippen molar-refractivity contribution in [3.05, 3.63) is 24.3 Å². The Morgan fingerprint density at radius 2 is 2.10 bits per heavy atom. The number of likely N-dealkylation sites (tertiary alicyclic amines) is 1. The van der Waals surface area contributed by atoms with Gasteiger partial charge in [-0.3, -0.25) is 9.10 Å². The lowest BCUT2D eigenvalue weighted by Gasteiger charge is -2.35. The Labute approximate surface area is 181 Å². The Balaban J connectivity index is 1.73. The number of hydrogen-bond acceptors (Lipinski definition) is 5. The molecule has 1 aromatic carbocycles. The summed E-state index contributed by atoms with van der Waals surface area (Å²) >= 11 is 0. The van der Waals surface area contributed by atoms with Crippen molar-refractivity contribution in [2.75, 3.05) is 43.8 Å². The lowest BCUT2D eigenvalue weighted by atomic mass is 10.00. The second-order valence-electron chi connectivity index (χ2n) is 7.94. The van der Waals surface area contributed by atoms with Crippen molar-refractivity contribution in [3.63, 3.8) is 0 Å². The van der Waals surface area contributed by atoms with E-state index in [2.05, 4.69) is 17.1 Å². The fourth-order valence-corrected chi connectivity index (χ4v) is 5.01. The zero-order valence-electron chi connectivity index (χ0n) is 18.6. The highest BCUT2D eigenvalue weighted by molar-refractivity contribution is 7.92. The maximum atomic E-state index is 12.2. The SMILES string of the molecule is CC[C@H]1CCCCN1CCCNC(=O)CCCN(c1cccc(OC)c1)S(C)(=O)=O. The number of nitrogens with one attached hydrogen (secondary N) is 1. The van der Waals surface area contributed by atoms with Gasteiger partial charge in [0, 0.05) is 38.2 Å². The van der Waals surface area contributed by atoms with Crippen LogP contribution in [0.4, 0.5) is 5.69 Å². The quantitative estimate of drug-likeness (QED) is 0.507. The molecule has 2 rings (SSSR count). The lowest BCUT2D eigenvalue weighted by molar-refractivity contribution is -0.121. The molecule has 30 heavy (non-hydrogen) atoms. The number of piperidine rings is 1. The van der Waals surface area contributed by atoms with E-state index in [9.17, 15) is 13.2 Å². The van der Waals surface area contributed by atoms with Crippen LogP contribution in [0, 0.1) is 0 Å². The van der Waals surface area contributed by atoms with E-state index in [1.165, 1.54) is 36.2 Å². The number of ether oxygens (including phenoxy) is 1. The lowest BCUT2D eigenvalue weighted by Crippen LogP contribution is -2.40. The maximum absolute atomic E-state index is 12.2. The first-order valence-corrected chi connectivity index (χ1v) is 12.8. The van der Waals surface area contributed by atoms with Crippen LogP contribution in [0.25, 0.3) is 0 Å². The van der Waals surface area contributed by atoms with Crippen molar-refractivity contribution in [2.45, 2.75) is 57.9 Å². The number of benzene rings is 1. The van der Waals surface area contributed by atoms with E-state index in [0.29, 0.717) is 36.9 Å². The minimum Gasteiger partial charge on any atom is -0.497 e. The second-order valence-corrected chi connectivity index (χ2v) is 9.84. The summed E-state index contributed by atoms with van der Waals surface area (Å²) in [5.74, 6) is 0.567. The van der Waals surface area contributed by atoms with Gasteiger partial charge in [-0.15, -0.1) is 0 Å². The van der Waals surface area contributed by atoms with Crippen molar-refractivity contribution < 1.29 is 17.9 Å². The summed E-state index contributed by atoms with van der Waals surface area (Å²) in [6, 6.07) is 7.63. The number of rotatable bonds is 12. The Hall–Kier alpha value is -1.80. The number of sulfonamides is 1. The summed E-state index contributed by atoms with van der Waals surface area (Å²) in [6.07, 6.45) is 7.96. The summed E-state index contributed by atoms with van der Waals surface area (Å²) < 4.78 is 30.9. The van der Waals surface area contributed by atoms with Crippen LogP contribution in [0.5, 0.6) is 5.75 Å². The molecule has 0 saturated carbocycles. The molecule has 1 aliphatic rings. The molecule has 0 unspecified atom stereocenters. The molecule has 0 bridgehead atoms. The molecule has 8 heteroatoms. The topological polar surface area (TPSA) is 79.0 Å². The standard InChI is InChI=1S/C22H37N3O4S/c1-4-19-10-5-6-15-24(19)16-9-14-23-22(26)13-8-17-25(30(3,27)28)20-11-7-12-21(18-20)29-2/h7,11-12,18-19H,4-6,8-10,13-17H2,1-3H3,(H,23,26)/t19-/m0/s1. The van der Waals surface area contributed by atoms with Crippen LogP contribution < -0.4 is 14.4 Å². The van der Waals surface area contributed by atoms with E-state index in [0.717, 1.165) is 19.5 Å². The molecule has 0 spiro atoms. The van der Waals surface area contributed by atoms with Gasteiger partial charge in [0.25, 0.3) is 0 Å². The second kappa shape index (κ2) is 12.2. The summed E-state index contributed by atoms with van der Waals surface area (Å²) in [6.45, 7) is 5.35. The Morgan fingerprint density at radius 3 is 2.80 bits per heavy atom. The largest absolute Gasteiger partial charge is 0.497 e. The van der Waals surface area contributed by atoms with E-state index in [4.69, 9.17) is 4.74 Å². The number of carbonyl (C=O) groups is 1. The van der Waals surface area contributed by atoms with Crippen LogP contribution in [0.3, 0.4) is 0 Å². The summed E-state index contributed by atoms with van der Waals surface area (Å²) in [5.41, 5.74) is 0.546. The van der Waals surface area contributed by atoms with E-state index < -0.39 is 10.0 Å². The number of nitrogens with zero attached hydrogens (tertiary/aromatic N) is 2. The summed E-state index contributed by atoms with van der Waals surface area (Å²) in [5, 5.41) is 2.97. The summed E-state index contributed by atoms with van der Waals surface area (Å²) in [4.78, 5) is 14.7. The molecule has 1 atom stereocenters. The van der Waals surface area contributed by atoms with Gasteiger partial charge in [-0.25, -0.2) is 8.42 Å². The monoisotopic (exact) mass is 439 g/mol. The van der Waals surface area contributed by atoms with Gasteiger partial charge in [0.2, 0.25) is 15.9 Å². The minimum absolute atomic E-state index is 0.0280. The molecule has 1 aliphatic heterocycles. The third-order valence-corrected chi connectivity index (χ3v) is 6.87. The molecule has 0 aromatic heterocycles. The average Bonchev–Trinajstić information content (AvgIpc) is 2.73. The highest BCUT2D eigenvalue weighted by Gasteiger charge is 2.20. The molecule has 7 nitrogen and oxygen atoms in total. The first-order valence-electron chi connectivity index (χ1n) is 11.0. The van der Waals surface area contributed by atoms with Crippen molar-refractivity contribution in [1.82, 2.24) is 10.2 Å². The summed E-state index contributed by atoms with van der Waals surface area (Å²) in [7, 11) is -1.90. The van der Waals surface area contributed by atoms with Crippen molar-refractivity contribution in [2.24, 2.45) is 0 Å². The zero-order chi connectivity index (χ0) is 22.0. The Bertz CT molecular complexity index is 769. The van der Waals surface area contributed by atoms with Gasteiger partial charge in [-0.2, -0.15) is 0 Å². The van der Waals surface area contributed by atoms with Gasteiger partial charge >= 0.3 is 0 Å². The average molecular weight is 440 g/mol. The van der Waals surface area contributed by atoms with E-state index >= 15 is 0 Å². The molecule has 1 saturated heterocycles. The molecule has 0 aliphatic carbocycles. The molecule has 1 aromatic rings. The van der Waals surface area contributed by atoms with Crippen molar-refractivity contribution in [1.29, 1.82) is 0 Å². The maximum Gasteiger partial charge on any atom is 0.232 e. The number of hydrogen-bond donors (Lipinski definition) is 1. The highest BCUT2D eigenvalue weighted by atomic mass is 32.2. The molecule has 1 fully saturated rings. The van der Waals surface area contributed by atoms with Crippen molar-refractivity contribution >= 4 is 21.6 Å². The zero-order valence-corrected chi connectivity index (χ0v) is 19.4. The minimum atomic E-state index is -3.44. The smallest absolute Gasteiger partial charge is 0.232 e. The normalized spacial score (nSPS) is 17.5. The van der Waals surface area contributed by atoms with Crippen LogP contribution in [0.2, 0.25) is 0 Å². The fraction of sp³-hybridized carbons (Fsp3) is 0.682. The molecular weight excluding hydrogens is 402 g/mol. The third kappa shape index (κ3) is 7.80. The Morgan fingerprint density at radius 1 is 1.30 bits per heavy atom. The van der Waals surface area contributed by atoms with E-state index in [-0.39, 0.29) is 12.5 Å². The fourth-order valence-electron chi connectivity index (χ4n) is 4.05. The van der Waals surface area contributed by atoms with Gasteiger partial charge < -0.3 is 15.0 Å². The molecule has 1 heterocycles. The molecule has 1 amide bonds. The predicted octanol–water partition coefficient (Wildman–Crippen LogP) is 3.01. The van der Waals surface area contributed by atoms with Crippen LogP contribution in [-0.4, -0.2) is 64.8 Å². The van der Waals surface area contributed by atoms with E-state index in [1.54, 1.807) is 31.4 Å². The van der Waals surface area contributed by atoms with Crippen LogP contribution in [0.1, 0.15) is 51.9 Å². The molecule has 0 radical (unpaired) electrons. The third-order valence-electron chi connectivity index (χ3n) is 5.67.